The van der Waals surface area contributed by atoms with Crippen LogP contribution in [-0.2, 0) is 16.0 Å². The number of carbonyl (C=O) groups is 1. The molecule has 0 aromatic heterocycles. The number of likely N-dealkylation sites (tertiary alicyclic amines) is 1. The predicted molar refractivity (Wildman–Crippen MR) is 131 cm³/mol. The number of nitrogens with zero attached hydrogens (tertiary/aromatic N) is 2. The van der Waals surface area contributed by atoms with Gasteiger partial charge in [-0.2, -0.15) is 0 Å². The van der Waals surface area contributed by atoms with Gasteiger partial charge in [0.1, 0.15) is 0 Å². The number of benzene rings is 1. The van der Waals surface area contributed by atoms with Gasteiger partial charge in [-0.25, -0.2) is 0 Å². The van der Waals surface area contributed by atoms with Gasteiger partial charge in [0, 0.05) is 45.2 Å². The number of piperidine rings is 1. The Labute approximate surface area is 199 Å². The van der Waals surface area contributed by atoms with Crippen LogP contribution in [0.4, 0.5) is 0 Å². The second-order valence-corrected chi connectivity index (χ2v) is 9.75. The molecule has 0 aliphatic carbocycles. The third-order valence-corrected chi connectivity index (χ3v) is 6.84. The zero-order chi connectivity index (χ0) is 23.6. The Kier molecular flexibility index (Phi) is 10.3. The number of nitrogens with one attached hydrogen (secondary N) is 1. The Balaban J connectivity index is 1.48. The molecule has 0 radical (unpaired) electrons. The van der Waals surface area contributed by atoms with Crippen molar-refractivity contribution in [2.75, 3.05) is 66.7 Å². The van der Waals surface area contributed by atoms with Gasteiger partial charge in [0.05, 0.1) is 27.4 Å². The highest BCUT2D eigenvalue weighted by Gasteiger charge is 2.34. The lowest BCUT2D eigenvalue weighted by molar-refractivity contribution is -0.121. The first kappa shape index (κ1) is 25.8. The molecule has 1 amide bonds. The molecular formula is C26H43N3O4. The monoisotopic (exact) mass is 461 g/mol. The first-order valence-corrected chi connectivity index (χ1v) is 12.5. The third-order valence-electron chi connectivity index (χ3n) is 6.84. The largest absolute Gasteiger partial charge is 0.493 e. The van der Waals surface area contributed by atoms with E-state index in [-0.39, 0.29) is 5.91 Å². The van der Waals surface area contributed by atoms with Crippen LogP contribution >= 0.6 is 0 Å². The van der Waals surface area contributed by atoms with Gasteiger partial charge in [-0.15, -0.1) is 0 Å². The van der Waals surface area contributed by atoms with Crippen LogP contribution in [0.2, 0.25) is 0 Å². The molecule has 1 N–H and O–H groups in total. The quantitative estimate of drug-likeness (QED) is 0.547. The number of hydrogen-bond donors (Lipinski definition) is 1. The van der Waals surface area contributed by atoms with E-state index in [1.54, 1.807) is 14.2 Å². The zero-order valence-electron chi connectivity index (χ0n) is 21.0. The molecule has 0 bridgehead atoms. The summed E-state index contributed by atoms with van der Waals surface area (Å²) in [6, 6.07) is 6.47. The van der Waals surface area contributed by atoms with Crippen LogP contribution in [0.5, 0.6) is 11.5 Å². The molecule has 2 aliphatic rings. The lowest BCUT2D eigenvalue weighted by atomic mass is 9.86. The fourth-order valence-electron chi connectivity index (χ4n) is 5.24. The standard InChI is InChI=1S/C26H43N3O4/c1-20(2)18-28-12-10-23(29-13-15-33-16-14-29)22(19-28)6-8-26(30)27-11-9-21-5-7-24(31-3)25(17-21)32-4/h5,7,17,20,22-23H,6,8-16,18-19H2,1-4H3,(H,27,30)/t22-,23+/m1/s1. The van der Waals surface area contributed by atoms with Crippen molar-refractivity contribution < 1.29 is 19.0 Å². The number of carbonyl (C=O) groups excluding carboxylic acids is 1. The SMILES string of the molecule is COc1ccc(CCNC(=O)CC[C@@H]2CN(CC(C)C)CC[C@@H]2N2CCOCC2)cc1OC. The minimum absolute atomic E-state index is 0.150. The maximum absolute atomic E-state index is 12.6. The first-order valence-electron chi connectivity index (χ1n) is 12.5. The Morgan fingerprint density at radius 3 is 2.61 bits per heavy atom. The second kappa shape index (κ2) is 13.2. The molecule has 1 aromatic rings. The van der Waals surface area contributed by atoms with E-state index in [1.165, 1.54) is 6.42 Å². The normalized spacial score (nSPS) is 22.3. The maximum Gasteiger partial charge on any atom is 0.220 e. The number of hydrogen-bond acceptors (Lipinski definition) is 6. The van der Waals surface area contributed by atoms with E-state index in [4.69, 9.17) is 14.2 Å². The average molecular weight is 462 g/mol. The van der Waals surface area contributed by atoms with Crippen LogP contribution in [0.15, 0.2) is 18.2 Å². The lowest BCUT2D eigenvalue weighted by Gasteiger charge is -2.45. The van der Waals surface area contributed by atoms with Crippen molar-refractivity contribution in [3.8, 4) is 11.5 Å². The van der Waals surface area contributed by atoms with Crippen LogP contribution in [-0.4, -0.2) is 88.5 Å². The van der Waals surface area contributed by atoms with Gasteiger partial charge < -0.3 is 24.4 Å². The van der Waals surface area contributed by atoms with E-state index in [9.17, 15) is 4.79 Å². The van der Waals surface area contributed by atoms with E-state index in [0.717, 1.165) is 75.8 Å². The van der Waals surface area contributed by atoms with E-state index < -0.39 is 0 Å². The van der Waals surface area contributed by atoms with Crippen molar-refractivity contribution in [1.82, 2.24) is 15.1 Å². The summed E-state index contributed by atoms with van der Waals surface area (Å²) in [5.41, 5.74) is 1.12. The van der Waals surface area contributed by atoms with Crippen LogP contribution in [0, 0.1) is 11.8 Å². The smallest absolute Gasteiger partial charge is 0.220 e. The molecule has 7 nitrogen and oxygen atoms in total. The number of morpholine rings is 1. The first-order chi connectivity index (χ1) is 16.0. The van der Waals surface area contributed by atoms with Crippen LogP contribution < -0.4 is 14.8 Å². The topological polar surface area (TPSA) is 63.3 Å². The highest BCUT2D eigenvalue weighted by atomic mass is 16.5. The van der Waals surface area contributed by atoms with Gasteiger partial charge in [-0.1, -0.05) is 19.9 Å². The molecule has 186 valence electrons. The minimum atomic E-state index is 0.150. The summed E-state index contributed by atoms with van der Waals surface area (Å²) in [5, 5.41) is 3.12. The zero-order valence-corrected chi connectivity index (χ0v) is 21.0. The fraction of sp³-hybridized carbons (Fsp3) is 0.731. The molecule has 2 aliphatic heterocycles. The highest BCUT2D eigenvalue weighted by Crippen LogP contribution is 2.28. The molecule has 2 atom stereocenters. The number of amides is 1. The summed E-state index contributed by atoms with van der Waals surface area (Å²) in [6.07, 6.45) is 3.50. The Hall–Kier alpha value is -1.83. The fourth-order valence-corrected chi connectivity index (χ4v) is 5.24. The van der Waals surface area contributed by atoms with Gasteiger partial charge in [0.2, 0.25) is 5.91 Å². The molecule has 1 aromatic carbocycles. The van der Waals surface area contributed by atoms with Gasteiger partial charge in [0.15, 0.2) is 11.5 Å². The molecular weight excluding hydrogens is 418 g/mol. The van der Waals surface area contributed by atoms with Crippen molar-refractivity contribution in [3.63, 3.8) is 0 Å². The van der Waals surface area contributed by atoms with Gasteiger partial charge in [-0.3, -0.25) is 9.69 Å². The van der Waals surface area contributed by atoms with E-state index >= 15 is 0 Å². The van der Waals surface area contributed by atoms with Crippen molar-refractivity contribution in [1.29, 1.82) is 0 Å². The van der Waals surface area contributed by atoms with Gasteiger partial charge in [-0.05, 0) is 55.3 Å². The molecule has 2 fully saturated rings. The number of rotatable bonds is 11. The summed E-state index contributed by atoms with van der Waals surface area (Å²) < 4.78 is 16.2. The summed E-state index contributed by atoms with van der Waals surface area (Å²) in [7, 11) is 3.27. The lowest BCUT2D eigenvalue weighted by Crippen LogP contribution is -2.54. The van der Waals surface area contributed by atoms with E-state index in [1.807, 2.05) is 18.2 Å². The molecule has 0 unspecified atom stereocenters. The van der Waals surface area contributed by atoms with Crippen molar-refractivity contribution in [3.05, 3.63) is 23.8 Å². The van der Waals surface area contributed by atoms with E-state index in [0.29, 0.717) is 30.8 Å². The molecule has 33 heavy (non-hydrogen) atoms. The van der Waals surface area contributed by atoms with Crippen molar-refractivity contribution in [2.45, 2.75) is 45.6 Å². The summed E-state index contributed by atoms with van der Waals surface area (Å²) in [4.78, 5) is 17.8. The predicted octanol–water partition coefficient (Wildman–Crippen LogP) is 2.82. The molecule has 3 rings (SSSR count). The van der Waals surface area contributed by atoms with E-state index in [2.05, 4.69) is 29.0 Å². The van der Waals surface area contributed by atoms with Gasteiger partial charge >= 0.3 is 0 Å². The van der Waals surface area contributed by atoms with Crippen molar-refractivity contribution >= 4 is 5.91 Å². The Bertz CT molecular complexity index is 736. The Morgan fingerprint density at radius 1 is 1.15 bits per heavy atom. The molecule has 0 spiro atoms. The Morgan fingerprint density at radius 2 is 1.91 bits per heavy atom. The summed E-state index contributed by atoms with van der Waals surface area (Å²) >= 11 is 0. The maximum atomic E-state index is 12.6. The summed E-state index contributed by atoms with van der Waals surface area (Å²) in [6.45, 7) is 12.3. The third kappa shape index (κ3) is 7.87. The van der Waals surface area contributed by atoms with Gasteiger partial charge in [0.25, 0.3) is 0 Å². The molecule has 2 heterocycles. The average Bonchev–Trinajstić information content (AvgIpc) is 2.83. The number of methoxy groups -OCH3 is 2. The van der Waals surface area contributed by atoms with Crippen molar-refractivity contribution in [2.24, 2.45) is 11.8 Å². The molecule has 0 saturated carbocycles. The minimum Gasteiger partial charge on any atom is -0.493 e. The molecule has 2 saturated heterocycles. The number of ether oxygens (including phenoxy) is 3. The second-order valence-electron chi connectivity index (χ2n) is 9.75. The summed E-state index contributed by atoms with van der Waals surface area (Å²) in [5.74, 6) is 2.80. The van der Waals surface area contributed by atoms with Crippen LogP contribution in [0.3, 0.4) is 0 Å². The highest BCUT2D eigenvalue weighted by molar-refractivity contribution is 5.75. The van der Waals surface area contributed by atoms with Crippen LogP contribution in [0.25, 0.3) is 0 Å². The molecule has 7 heteroatoms. The van der Waals surface area contributed by atoms with Crippen LogP contribution in [0.1, 0.15) is 38.7 Å².